The minimum Gasteiger partial charge on any atom is -0.492 e. The van der Waals surface area contributed by atoms with Crippen LogP contribution < -0.4 is 10.1 Å². The summed E-state index contributed by atoms with van der Waals surface area (Å²) in [4.78, 5) is 0. The quantitative estimate of drug-likeness (QED) is 0.815. The Morgan fingerprint density at radius 2 is 2.00 bits per heavy atom. The molecule has 2 heteroatoms. The van der Waals surface area contributed by atoms with Gasteiger partial charge in [0.2, 0.25) is 0 Å². The number of nitrogens with one attached hydrogen (secondary N) is 1. The lowest BCUT2D eigenvalue weighted by Crippen LogP contribution is -2.02. The molecule has 1 aromatic rings. The Morgan fingerprint density at radius 1 is 1.33 bits per heavy atom. The van der Waals surface area contributed by atoms with Crippen LogP contribution in [-0.4, -0.2) is 13.7 Å². The van der Waals surface area contributed by atoms with E-state index in [1.54, 1.807) is 0 Å². The van der Waals surface area contributed by atoms with Crippen LogP contribution in [-0.2, 0) is 0 Å². The van der Waals surface area contributed by atoms with Crippen LogP contribution in [0.15, 0.2) is 12.1 Å². The first-order chi connectivity index (χ1) is 7.11. The molecule has 1 N–H and O–H groups in total. The Balaban J connectivity index is 3.20. The topological polar surface area (TPSA) is 21.3 Å². The van der Waals surface area contributed by atoms with Gasteiger partial charge in [0, 0.05) is 7.05 Å². The maximum absolute atomic E-state index is 5.58. The lowest BCUT2D eigenvalue weighted by Gasteiger charge is -2.17. The summed E-state index contributed by atoms with van der Waals surface area (Å²) in [6, 6.07) is 4.21. The zero-order valence-corrected chi connectivity index (χ0v) is 10.3. The van der Waals surface area contributed by atoms with Gasteiger partial charge in [0.1, 0.15) is 5.75 Å². The van der Waals surface area contributed by atoms with Crippen LogP contribution in [0.2, 0.25) is 0 Å². The molecule has 0 aliphatic rings. The molecule has 0 bridgehead atoms. The minimum absolute atomic E-state index is 0.549. The maximum Gasteiger partial charge on any atom is 0.142 e. The molecule has 0 aliphatic heterocycles. The summed E-state index contributed by atoms with van der Waals surface area (Å²) in [6.45, 7) is 9.27. The smallest absolute Gasteiger partial charge is 0.142 e. The first kappa shape index (κ1) is 11.9. The van der Waals surface area contributed by atoms with Gasteiger partial charge in [-0.25, -0.2) is 0 Å². The second kappa shape index (κ2) is 5.06. The van der Waals surface area contributed by atoms with E-state index >= 15 is 0 Å². The highest BCUT2D eigenvalue weighted by molar-refractivity contribution is 5.64. The first-order valence-electron chi connectivity index (χ1n) is 5.55. The van der Waals surface area contributed by atoms with E-state index < -0.39 is 0 Å². The molecule has 84 valence electrons. The van der Waals surface area contributed by atoms with Gasteiger partial charge in [-0.2, -0.15) is 0 Å². The average Bonchev–Trinajstić information content (AvgIpc) is 2.18. The highest BCUT2D eigenvalue weighted by Gasteiger charge is 2.11. The molecular formula is C13H21NO. The number of hydrogen-bond acceptors (Lipinski definition) is 2. The van der Waals surface area contributed by atoms with Crippen LogP contribution in [0.3, 0.4) is 0 Å². The SMILES string of the molecule is CCOc1ccc(C(C)C)c(C)c1NC. The first-order valence-corrected chi connectivity index (χ1v) is 5.55. The molecule has 0 radical (unpaired) electrons. The fourth-order valence-electron chi connectivity index (χ4n) is 1.91. The third kappa shape index (κ3) is 2.44. The summed E-state index contributed by atoms with van der Waals surface area (Å²) >= 11 is 0. The Hall–Kier alpha value is -1.18. The second-order valence-electron chi connectivity index (χ2n) is 3.99. The zero-order chi connectivity index (χ0) is 11.4. The predicted molar refractivity (Wildman–Crippen MR) is 66.0 cm³/mol. The van der Waals surface area contributed by atoms with Crippen LogP contribution in [0.1, 0.15) is 37.8 Å². The lowest BCUT2D eigenvalue weighted by atomic mass is 9.96. The van der Waals surface area contributed by atoms with Gasteiger partial charge in [0.15, 0.2) is 0 Å². The normalized spacial score (nSPS) is 10.5. The number of anilines is 1. The number of benzene rings is 1. The van der Waals surface area contributed by atoms with Crippen molar-refractivity contribution in [2.24, 2.45) is 0 Å². The van der Waals surface area contributed by atoms with E-state index in [0.717, 1.165) is 11.4 Å². The summed E-state index contributed by atoms with van der Waals surface area (Å²) in [7, 11) is 1.94. The van der Waals surface area contributed by atoms with E-state index in [1.807, 2.05) is 14.0 Å². The molecule has 0 amide bonds. The van der Waals surface area contributed by atoms with Gasteiger partial charge in [-0.1, -0.05) is 19.9 Å². The molecule has 0 spiro atoms. The van der Waals surface area contributed by atoms with Gasteiger partial charge < -0.3 is 10.1 Å². The van der Waals surface area contributed by atoms with Crippen molar-refractivity contribution in [1.29, 1.82) is 0 Å². The van der Waals surface area contributed by atoms with E-state index in [9.17, 15) is 0 Å². The fraction of sp³-hybridized carbons (Fsp3) is 0.538. The highest BCUT2D eigenvalue weighted by Crippen LogP contribution is 2.33. The Kier molecular flexibility index (Phi) is 4.01. The Morgan fingerprint density at radius 3 is 2.47 bits per heavy atom. The maximum atomic E-state index is 5.58. The monoisotopic (exact) mass is 207 g/mol. The summed E-state index contributed by atoms with van der Waals surface area (Å²) in [5, 5.41) is 3.22. The van der Waals surface area contributed by atoms with Crippen molar-refractivity contribution >= 4 is 5.69 Å². The molecule has 0 fully saturated rings. The molecule has 0 atom stereocenters. The molecule has 0 unspecified atom stereocenters. The molecule has 15 heavy (non-hydrogen) atoms. The molecular weight excluding hydrogens is 186 g/mol. The largest absolute Gasteiger partial charge is 0.492 e. The van der Waals surface area contributed by atoms with Gasteiger partial charge in [-0.15, -0.1) is 0 Å². The Bertz CT molecular complexity index is 332. The van der Waals surface area contributed by atoms with E-state index in [4.69, 9.17) is 4.74 Å². The molecule has 2 nitrogen and oxygen atoms in total. The van der Waals surface area contributed by atoms with Crippen molar-refractivity contribution in [1.82, 2.24) is 0 Å². The van der Waals surface area contributed by atoms with Crippen LogP contribution in [0, 0.1) is 6.92 Å². The highest BCUT2D eigenvalue weighted by atomic mass is 16.5. The van der Waals surface area contributed by atoms with Crippen molar-refractivity contribution in [3.63, 3.8) is 0 Å². The third-order valence-electron chi connectivity index (χ3n) is 2.64. The number of hydrogen-bond donors (Lipinski definition) is 1. The van der Waals surface area contributed by atoms with Gasteiger partial charge >= 0.3 is 0 Å². The Labute approximate surface area is 92.6 Å². The van der Waals surface area contributed by atoms with E-state index in [-0.39, 0.29) is 0 Å². The lowest BCUT2D eigenvalue weighted by molar-refractivity contribution is 0.341. The van der Waals surface area contributed by atoms with Crippen LogP contribution >= 0.6 is 0 Å². The van der Waals surface area contributed by atoms with Gasteiger partial charge in [-0.05, 0) is 37.0 Å². The van der Waals surface area contributed by atoms with Gasteiger partial charge in [-0.3, -0.25) is 0 Å². The summed E-state index contributed by atoms with van der Waals surface area (Å²) in [6.07, 6.45) is 0. The molecule has 1 aromatic carbocycles. The van der Waals surface area contributed by atoms with Crippen molar-refractivity contribution in [2.45, 2.75) is 33.6 Å². The standard InChI is InChI=1S/C13H21NO/c1-6-15-12-8-7-11(9(2)3)10(4)13(12)14-5/h7-9,14H,6H2,1-5H3. The molecule has 1 rings (SSSR count). The van der Waals surface area contributed by atoms with Crippen LogP contribution in [0.25, 0.3) is 0 Å². The van der Waals surface area contributed by atoms with Crippen molar-refractivity contribution in [3.05, 3.63) is 23.3 Å². The van der Waals surface area contributed by atoms with Crippen molar-refractivity contribution < 1.29 is 4.74 Å². The molecule has 0 aromatic heterocycles. The van der Waals surface area contributed by atoms with E-state index in [0.29, 0.717) is 12.5 Å². The average molecular weight is 207 g/mol. The third-order valence-corrected chi connectivity index (χ3v) is 2.64. The fourth-order valence-corrected chi connectivity index (χ4v) is 1.91. The van der Waals surface area contributed by atoms with Crippen molar-refractivity contribution in [2.75, 3.05) is 19.0 Å². The van der Waals surface area contributed by atoms with Gasteiger partial charge in [0.25, 0.3) is 0 Å². The number of ether oxygens (including phenoxy) is 1. The predicted octanol–water partition coefficient (Wildman–Crippen LogP) is 3.56. The van der Waals surface area contributed by atoms with Crippen LogP contribution in [0.5, 0.6) is 5.75 Å². The minimum atomic E-state index is 0.549. The molecule has 0 aliphatic carbocycles. The van der Waals surface area contributed by atoms with Crippen molar-refractivity contribution in [3.8, 4) is 5.75 Å². The van der Waals surface area contributed by atoms with E-state index in [1.165, 1.54) is 11.1 Å². The summed E-state index contributed by atoms with van der Waals surface area (Å²) < 4.78 is 5.58. The molecule has 0 saturated carbocycles. The molecule has 0 heterocycles. The van der Waals surface area contributed by atoms with Gasteiger partial charge in [0.05, 0.1) is 12.3 Å². The zero-order valence-electron chi connectivity index (χ0n) is 10.3. The van der Waals surface area contributed by atoms with Crippen LogP contribution in [0.4, 0.5) is 5.69 Å². The van der Waals surface area contributed by atoms with E-state index in [2.05, 4.69) is 38.2 Å². The number of rotatable bonds is 4. The summed E-state index contributed by atoms with van der Waals surface area (Å²) in [5.41, 5.74) is 3.78. The second-order valence-corrected chi connectivity index (χ2v) is 3.99. The molecule has 0 saturated heterocycles. The summed E-state index contributed by atoms with van der Waals surface area (Å²) in [5.74, 6) is 1.50.